The Hall–Kier alpha value is -12.1. The van der Waals surface area contributed by atoms with E-state index in [1.54, 1.807) is 18.2 Å². The first-order valence-electron chi connectivity index (χ1n) is 53.5. The fourth-order valence-corrected chi connectivity index (χ4v) is 15.5. The molecule has 0 aliphatic heterocycles. The van der Waals surface area contributed by atoms with E-state index in [1.807, 2.05) is 93.6 Å². The molecule has 0 aliphatic carbocycles. The Morgan fingerprint density at radius 2 is 0.438 bits per heavy atom. The summed E-state index contributed by atoms with van der Waals surface area (Å²) in [5, 5.41) is 42.7. The van der Waals surface area contributed by atoms with Crippen molar-refractivity contribution in [2.24, 2.45) is 53.3 Å². The summed E-state index contributed by atoms with van der Waals surface area (Å²) in [7, 11) is 1.39. The van der Waals surface area contributed by atoms with Gasteiger partial charge in [-0.15, -0.1) is 0 Å². The minimum atomic E-state index is -0.916. The van der Waals surface area contributed by atoms with E-state index in [0.29, 0.717) is 116 Å². The molecule has 0 aliphatic rings. The highest BCUT2D eigenvalue weighted by Gasteiger charge is 2.13. The summed E-state index contributed by atoms with van der Waals surface area (Å²) in [6, 6.07) is 74.4. The van der Waals surface area contributed by atoms with Gasteiger partial charge in [-0.25, -0.2) is 14.4 Å². The number of methoxy groups -OCH3 is 1. The first kappa shape index (κ1) is 132. The number of carbonyl (C=O) groups excluding carboxylic acids is 4. The summed E-state index contributed by atoms with van der Waals surface area (Å²) >= 11 is 0. The van der Waals surface area contributed by atoms with Crippen molar-refractivity contribution in [1.29, 1.82) is 0 Å². The van der Waals surface area contributed by atoms with Gasteiger partial charge in [-0.1, -0.05) is 332 Å². The number of rotatable bonds is 51. The summed E-state index contributed by atoms with van der Waals surface area (Å²) in [6.45, 7) is 46.6. The lowest BCUT2D eigenvalue weighted by Gasteiger charge is -2.06. The lowest BCUT2D eigenvalue weighted by Crippen LogP contribution is -2.05. The van der Waals surface area contributed by atoms with Crippen LogP contribution in [0.4, 0.5) is 0 Å². The summed E-state index contributed by atoms with van der Waals surface area (Å²) in [5.74, 6) is 1.56. The number of carbonyl (C=O) groups is 9. The second-order valence-corrected chi connectivity index (χ2v) is 41.3. The van der Waals surface area contributed by atoms with Crippen LogP contribution in [0.3, 0.4) is 0 Å². The number of carboxylic acids is 5. The molecule has 802 valence electrons. The van der Waals surface area contributed by atoms with Crippen LogP contribution in [0.2, 0.25) is 0 Å². The third-order valence-corrected chi connectivity index (χ3v) is 22.5. The number of benzene rings is 9. The van der Waals surface area contributed by atoms with Crippen molar-refractivity contribution in [2.45, 2.75) is 332 Å². The summed E-state index contributed by atoms with van der Waals surface area (Å²) in [6.07, 6.45) is 27.8. The maximum Gasteiger partial charge on any atom is 0.337 e. The second-order valence-electron chi connectivity index (χ2n) is 41.3. The zero-order valence-electron chi connectivity index (χ0n) is 92.8. The first-order valence-corrected chi connectivity index (χ1v) is 53.5. The molecule has 9 aromatic rings. The minimum absolute atomic E-state index is 0.0643. The number of aromatic carboxylic acids is 1. The van der Waals surface area contributed by atoms with Crippen LogP contribution in [0.25, 0.3) is 6.08 Å². The van der Waals surface area contributed by atoms with E-state index in [0.717, 1.165) is 158 Å². The summed E-state index contributed by atoms with van der Waals surface area (Å²) in [5.41, 5.74) is 21.5. The molecule has 0 spiro atoms. The topological polar surface area (TPSA) is 292 Å². The quantitative estimate of drug-likeness (QED) is 0.0102. The van der Waals surface area contributed by atoms with Gasteiger partial charge < -0.3 is 44.5 Å². The fraction of sp³-hybridized carbons (Fsp3) is 0.492. The number of ether oxygens (including phenoxy) is 4. The van der Waals surface area contributed by atoms with E-state index in [1.165, 1.54) is 85.0 Å². The highest BCUT2D eigenvalue weighted by atomic mass is 16.5. The highest BCUT2D eigenvalue weighted by molar-refractivity contribution is 5.89. The Morgan fingerprint density at radius 1 is 0.233 bits per heavy atom. The number of hydrogen-bond acceptors (Lipinski definition) is 13. The van der Waals surface area contributed by atoms with Gasteiger partial charge in [0.1, 0.15) is 0 Å². The van der Waals surface area contributed by atoms with Crippen molar-refractivity contribution in [3.63, 3.8) is 0 Å². The zero-order valence-corrected chi connectivity index (χ0v) is 92.8. The third kappa shape index (κ3) is 73.1. The van der Waals surface area contributed by atoms with Crippen LogP contribution in [0.15, 0.2) is 224 Å². The predicted molar refractivity (Wildman–Crippen MR) is 599 cm³/mol. The number of carboxylic acid groups (broad SMARTS) is 5. The van der Waals surface area contributed by atoms with Gasteiger partial charge in [0, 0.05) is 44.6 Å². The summed E-state index contributed by atoms with van der Waals surface area (Å²) < 4.78 is 19.3. The van der Waals surface area contributed by atoms with Crippen molar-refractivity contribution in [3.05, 3.63) is 325 Å². The van der Waals surface area contributed by atoms with Crippen LogP contribution >= 0.6 is 0 Å². The SMILES string of the molecule is CC(C)Cc1ccc(/C=C/C(=O)O)cc1.CC(C)Cc1ccc(C(=O)O)cc1.CC(C)Cc1ccc(CCC(=O)O)cc1.CC(C)Cc1ccc(CCCC(=O)O)cc1.CC(C)Cc1ccc(CCCCCC(=O)O)cc1.CCOC(=O)CCCCCc1ccc(CC(C)C)cc1.CCOC(=O)CCCc1ccc(CC(C)C)cc1.CCOC(=O)CCc1ccc(CC(C)C)cc1.COC(=O)c1ccc(CC(C)C)cc1. The lowest BCUT2D eigenvalue weighted by molar-refractivity contribution is -0.144. The standard InChI is InChI=1S/C18H28O2.2C16H24O2.C15H22O2.C14H20O2.C13H18O2.C13H16O2.C12H16O2.C11H14O2/c1-4-20-18(19)9-7-5-6-8-16-10-12-17(13-11-16)14-15(2)3;1-13(2)12-15-10-8-14(9-11-15)6-4-3-5-7-16(17)18;1-4-18-16(17)7-5-6-14-8-10-15(11-9-14)12-13(2)3;1-4-17-15(16)10-9-13-5-7-14(8-6-13)11-12(2)3;1-11(2)10-13-8-6-12(7-9-13)4-3-5-14(15)16;2*1-10(2)9-12-5-3-11(4-6-12)7-8-13(14)15;1-9(2)8-10-4-6-11(7-5-10)12(13)14-3;1-8(2)7-9-3-5-10(6-4-9)11(12)13/h10-13,15H,4-9,14H2,1-3H3;8-11,13H,3-7,12H2,1-2H3,(H,17,18);8-11,13H,4-7,12H2,1-3H3;5-8,12H,4,9-11H2,1-3H3;6-9,11H,3-5,10H2,1-2H3,(H,15,16);3-6,10H,7-9H2,1-2H3,(H,14,15);3-8,10H,9H2,1-2H3,(H,14,15);4-7,9H,8H2,1-3H3;3-6,8H,7H2,1-2H3,(H,12,13)/b;;;;;;8-7+;;. The van der Waals surface area contributed by atoms with E-state index in [9.17, 15) is 43.2 Å². The first-order chi connectivity index (χ1) is 69.4. The molecule has 0 saturated carbocycles. The number of esters is 4. The van der Waals surface area contributed by atoms with Gasteiger partial charge in [0.05, 0.1) is 38.1 Å². The molecule has 0 fully saturated rings. The second kappa shape index (κ2) is 80.1. The molecule has 9 rings (SSSR count). The molecule has 18 heteroatoms. The van der Waals surface area contributed by atoms with Crippen molar-refractivity contribution >= 4 is 59.8 Å². The Labute approximate surface area is 878 Å². The van der Waals surface area contributed by atoms with E-state index in [-0.39, 0.29) is 36.7 Å². The summed E-state index contributed by atoms with van der Waals surface area (Å²) in [4.78, 5) is 96.6. The molecule has 0 saturated heterocycles. The molecule has 0 heterocycles. The van der Waals surface area contributed by atoms with Crippen molar-refractivity contribution in [3.8, 4) is 0 Å². The number of hydrogen-bond donors (Lipinski definition) is 5. The molecule has 5 N–H and O–H groups in total. The van der Waals surface area contributed by atoms with Gasteiger partial charge in [0.25, 0.3) is 0 Å². The number of unbranched alkanes of at least 4 members (excludes halogenated alkanes) is 4. The average Bonchev–Trinajstić information content (AvgIpc) is 0.890. The van der Waals surface area contributed by atoms with Gasteiger partial charge in [-0.2, -0.15) is 0 Å². The van der Waals surface area contributed by atoms with Crippen molar-refractivity contribution in [2.75, 3.05) is 26.9 Å². The number of aliphatic carboxylic acids is 4. The molecule has 9 aromatic carbocycles. The maximum absolute atomic E-state index is 11.2. The molecule has 0 amide bonds. The molecule has 0 aromatic heterocycles. The maximum atomic E-state index is 11.2. The smallest absolute Gasteiger partial charge is 0.337 e. The van der Waals surface area contributed by atoms with Crippen LogP contribution in [-0.4, -0.2) is 106 Å². The molecular formula is C128H182O18. The van der Waals surface area contributed by atoms with E-state index >= 15 is 0 Å². The highest BCUT2D eigenvalue weighted by Crippen LogP contribution is 2.22. The molecule has 18 nitrogen and oxygen atoms in total. The normalized spacial score (nSPS) is 10.7. The van der Waals surface area contributed by atoms with Crippen LogP contribution < -0.4 is 0 Å². The van der Waals surface area contributed by atoms with Gasteiger partial charge in [-0.05, 0) is 328 Å². The fourth-order valence-electron chi connectivity index (χ4n) is 15.5. The van der Waals surface area contributed by atoms with Crippen molar-refractivity contribution < 1.29 is 87.6 Å². The van der Waals surface area contributed by atoms with E-state index in [4.69, 9.17) is 39.7 Å². The Morgan fingerprint density at radius 3 is 0.685 bits per heavy atom. The molecule has 0 bridgehead atoms. The van der Waals surface area contributed by atoms with Crippen LogP contribution in [-0.2, 0) is 149 Å². The number of aryl methyl sites for hydroxylation is 6. The third-order valence-electron chi connectivity index (χ3n) is 22.5. The largest absolute Gasteiger partial charge is 0.481 e. The van der Waals surface area contributed by atoms with Crippen LogP contribution in [0.5, 0.6) is 0 Å². The Bertz CT molecular complexity index is 5000. The molecule has 0 atom stereocenters. The van der Waals surface area contributed by atoms with Gasteiger partial charge >= 0.3 is 53.7 Å². The molecule has 146 heavy (non-hydrogen) atoms. The Balaban J connectivity index is 0.000000823. The Kier molecular flexibility index (Phi) is 72.4. The van der Waals surface area contributed by atoms with Crippen LogP contribution in [0.1, 0.15) is 345 Å². The average molecular weight is 2010 g/mol. The van der Waals surface area contributed by atoms with Crippen molar-refractivity contribution in [1.82, 2.24) is 0 Å². The molecule has 0 unspecified atom stereocenters. The van der Waals surface area contributed by atoms with Crippen LogP contribution in [0, 0.1) is 53.3 Å². The monoisotopic (exact) mass is 2010 g/mol. The van der Waals surface area contributed by atoms with Gasteiger partial charge in [-0.3, -0.25) is 28.8 Å². The minimum Gasteiger partial charge on any atom is -0.481 e. The lowest BCUT2D eigenvalue weighted by atomic mass is 10.00. The molecular weight excluding hydrogens is 1830 g/mol. The zero-order chi connectivity index (χ0) is 109. The van der Waals surface area contributed by atoms with Gasteiger partial charge in [0.2, 0.25) is 0 Å². The van der Waals surface area contributed by atoms with E-state index < -0.39 is 29.8 Å². The predicted octanol–water partition coefficient (Wildman–Crippen LogP) is 30.2. The van der Waals surface area contributed by atoms with Gasteiger partial charge in [0.15, 0.2) is 0 Å². The van der Waals surface area contributed by atoms with E-state index in [2.05, 4.69) is 263 Å². The molecule has 0 radical (unpaired) electrons.